The number of carbonyl (C=O) groups excluding carboxylic acids is 1. The second-order valence-electron chi connectivity index (χ2n) is 6.55. The lowest BCUT2D eigenvalue weighted by Gasteiger charge is -2.08. The van der Waals surface area contributed by atoms with Gasteiger partial charge in [0.25, 0.3) is 0 Å². The Labute approximate surface area is 179 Å². The molecule has 1 amide bonds. The number of para-hydroxylation sites is 1. The Morgan fingerprint density at radius 2 is 1.63 bits per heavy atom. The van der Waals surface area contributed by atoms with E-state index in [4.69, 9.17) is 9.72 Å². The summed E-state index contributed by atoms with van der Waals surface area (Å²) in [5.74, 6) is 0.916. The van der Waals surface area contributed by atoms with Crippen LogP contribution in [-0.2, 0) is 4.79 Å². The molecule has 4 rings (SSSR count). The first-order valence-corrected chi connectivity index (χ1v) is 10.5. The minimum absolute atomic E-state index is 0.0889. The van der Waals surface area contributed by atoms with Gasteiger partial charge in [-0.2, -0.15) is 0 Å². The molecule has 4 aromatic rings. The van der Waals surface area contributed by atoms with E-state index in [-0.39, 0.29) is 11.7 Å². The van der Waals surface area contributed by atoms with Gasteiger partial charge in [-0.25, -0.2) is 4.98 Å². The molecule has 30 heavy (non-hydrogen) atoms. The summed E-state index contributed by atoms with van der Waals surface area (Å²) in [4.78, 5) is 17.3. The van der Waals surface area contributed by atoms with Crippen molar-refractivity contribution in [2.24, 2.45) is 0 Å². The Morgan fingerprint density at radius 3 is 2.30 bits per heavy atom. The molecule has 0 aliphatic carbocycles. The molecule has 0 saturated heterocycles. The zero-order valence-corrected chi connectivity index (χ0v) is 17.3. The van der Waals surface area contributed by atoms with Gasteiger partial charge < -0.3 is 10.1 Å². The normalized spacial score (nSPS) is 10.6. The molecule has 0 aliphatic rings. The van der Waals surface area contributed by atoms with Gasteiger partial charge in [0.05, 0.1) is 18.6 Å². The van der Waals surface area contributed by atoms with E-state index in [1.165, 1.54) is 11.8 Å². The number of benzene rings is 3. The van der Waals surface area contributed by atoms with Crippen LogP contribution in [-0.4, -0.2) is 28.3 Å². The lowest BCUT2D eigenvalue weighted by molar-refractivity contribution is -0.113. The van der Waals surface area contributed by atoms with Crippen LogP contribution >= 0.6 is 11.8 Å². The first kappa shape index (κ1) is 19.8. The predicted molar refractivity (Wildman–Crippen MR) is 121 cm³/mol. The quantitative estimate of drug-likeness (QED) is 0.417. The molecule has 3 aromatic carbocycles. The number of anilines is 1. The first-order valence-electron chi connectivity index (χ1n) is 9.50. The standard InChI is InChI=1S/C24H21N3O2S/c1-29-21-14-12-19(13-15-21)25-23(28)17-30-24-26-22(18-8-4-2-5-9-18)16-27(24)20-10-6-3-7-11-20/h2-16H,17H2,1H3,(H,25,28). The summed E-state index contributed by atoms with van der Waals surface area (Å²) in [5, 5.41) is 3.68. The van der Waals surface area contributed by atoms with Crippen LogP contribution in [0.3, 0.4) is 0 Å². The van der Waals surface area contributed by atoms with Crippen molar-refractivity contribution in [1.82, 2.24) is 9.55 Å². The van der Waals surface area contributed by atoms with Gasteiger partial charge in [-0.15, -0.1) is 0 Å². The number of rotatable bonds is 7. The van der Waals surface area contributed by atoms with Gasteiger partial charge >= 0.3 is 0 Å². The minimum atomic E-state index is -0.0889. The van der Waals surface area contributed by atoms with Crippen molar-refractivity contribution in [1.29, 1.82) is 0 Å². The predicted octanol–water partition coefficient (Wildman–Crippen LogP) is 5.28. The number of thioether (sulfide) groups is 1. The average molecular weight is 416 g/mol. The van der Waals surface area contributed by atoms with Crippen LogP contribution in [0.1, 0.15) is 0 Å². The molecule has 150 valence electrons. The van der Waals surface area contributed by atoms with E-state index in [0.29, 0.717) is 0 Å². The van der Waals surface area contributed by atoms with E-state index >= 15 is 0 Å². The molecule has 5 nitrogen and oxygen atoms in total. The van der Waals surface area contributed by atoms with Crippen LogP contribution in [0.15, 0.2) is 96.3 Å². The van der Waals surface area contributed by atoms with Crippen molar-refractivity contribution >= 4 is 23.4 Å². The van der Waals surface area contributed by atoms with Gasteiger partial charge in [-0.05, 0) is 36.4 Å². The number of aromatic nitrogens is 2. The molecule has 0 aliphatic heterocycles. The Bertz CT molecular complexity index is 1110. The minimum Gasteiger partial charge on any atom is -0.497 e. The van der Waals surface area contributed by atoms with E-state index in [0.717, 1.165) is 33.5 Å². The Hall–Kier alpha value is -3.51. The second kappa shape index (κ2) is 9.33. The van der Waals surface area contributed by atoms with Crippen molar-refractivity contribution in [2.75, 3.05) is 18.2 Å². The summed E-state index contributed by atoms with van der Waals surface area (Å²) in [6.45, 7) is 0. The van der Waals surface area contributed by atoms with Crippen LogP contribution in [0.2, 0.25) is 0 Å². The third-order valence-electron chi connectivity index (χ3n) is 4.48. The highest BCUT2D eigenvalue weighted by Gasteiger charge is 2.13. The Kier molecular flexibility index (Phi) is 6.15. The lowest BCUT2D eigenvalue weighted by Crippen LogP contribution is -2.14. The van der Waals surface area contributed by atoms with Gasteiger partial charge in [-0.1, -0.05) is 60.3 Å². The molecule has 6 heteroatoms. The number of carbonyl (C=O) groups is 1. The molecule has 0 spiro atoms. The van der Waals surface area contributed by atoms with Crippen molar-refractivity contribution in [3.8, 4) is 22.7 Å². The van der Waals surface area contributed by atoms with E-state index in [1.807, 2.05) is 95.7 Å². The van der Waals surface area contributed by atoms with Crippen molar-refractivity contribution in [3.05, 3.63) is 91.1 Å². The van der Waals surface area contributed by atoms with Crippen LogP contribution < -0.4 is 10.1 Å². The maximum Gasteiger partial charge on any atom is 0.234 e. The van der Waals surface area contributed by atoms with E-state index in [1.54, 1.807) is 7.11 Å². The zero-order chi connectivity index (χ0) is 20.8. The number of ether oxygens (including phenoxy) is 1. The lowest BCUT2D eigenvalue weighted by atomic mass is 10.2. The number of nitrogens with one attached hydrogen (secondary N) is 1. The third kappa shape index (κ3) is 4.72. The van der Waals surface area contributed by atoms with Crippen molar-refractivity contribution < 1.29 is 9.53 Å². The zero-order valence-electron chi connectivity index (χ0n) is 16.5. The fourth-order valence-electron chi connectivity index (χ4n) is 2.99. The number of imidazole rings is 1. The van der Waals surface area contributed by atoms with Gasteiger partial charge in [0.2, 0.25) is 5.91 Å². The molecular weight excluding hydrogens is 394 g/mol. The highest BCUT2D eigenvalue weighted by Crippen LogP contribution is 2.27. The fourth-order valence-corrected chi connectivity index (χ4v) is 3.78. The molecule has 0 saturated carbocycles. The van der Waals surface area contributed by atoms with Gasteiger partial charge in [-0.3, -0.25) is 9.36 Å². The molecule has 0 unspecified atom stereocenters. The van der Waals surface area contributed by atoms with Crippen molar-refractivity contribution in [2.45, 2.75) is 5.16 Å². The van der Waals surface area contributed by atoms with E-state index in [2.05, 4.69) is 5.32 Å². The molecular formula is C24H21N3O2S. The average Bonchev–Trinajstić information content (AvgIpc) is 3.24. The number of hydrogen-bond acceptors (Lipinski definition) is 4. The first-order chi connectivity index (χ1) is 14.7. The monoisotopic (exact) mass is 415 g/mol. The molecule has 0 atom stereocenters. The summed E-state index contributed by atoms with van der Waals surface area (Å²) in [7, 11) is 1.61. The maximum absolute atomic E-state index is 12.5. The molecule has 0 radical (unpaired) electrons. The summed E-state index contributed by atoms with van der Waals surface area (Å²) in [6.07, 6.45) is 2.01. The summed E-state index contributed by atoms with van der Waals surface area (Å²) in [6, 6.07) is 27.3. The SMILES string of the molecule is COc1ccc(NC(=O)CSc2nc(-c3ccccc3)cn2-c2ccccc2)cc1. The fraction of sp³-hybridized carbons (Fsp3) is 0.0833. The van der Waals surface area contributed by atoms with E-state index < -0.39 is 0 Å². The number of nitrogens with zero attached hydrogens (tertiary/aromatic N) is 2. The Morgan fingerprint density at radius 1 is 0.967 bits per heavy atom. The number of amides is 1. The summed E-state index contributed by atoms with van der Waals surface area (Å²) >= 11 is 1.41. The summed E-state index contributed by atoms with van der Waals surface area (Å²) < 4.78 is 7.17. The summed E-state index contributed by atoms with van der Waals surface area (Å²) in [5.41, 5.74) is 3.65. The number of methoxy groups -OCH3 is 1. The van der Waals surface area contributed by atoms with Crippen LogP contribution in [0.4, 0.5) is 5.69 Å². The molecule has 0 fully saturated rings. The highest BCUT2D eigenvalue weighted by molar-refractivity contribution is 7.99. The van der Waals surface area contributed by atoms with Crippen LogP contribution in [0.5, 0.6) is 5.75 Å². The largest absolute Gasteiger partial charge is 0.497 e. The third-order valence-corrected chi connectivity index (χ3v) is 5.44. The van der Waals surface area contributed by atoms with E-state index in [9.17, 15) is 4.79 Å². The van der Waals surface area contributed by atoms with Gasteiger partial charge in [0.15, 0.2) is 5.16 Å². The number of hydrogen-bond donors (Lipinski definition) is 1. The molecule has 1 N–H and O–H groups in total. The Balaban J connectivity index is 1.52. The van der Waals surface area contributed by atoms with Gasteiger partial charge in [0, 0.05) is 23.1 Å². The topological polar surface area (TPSA) is 56.1 Å². The smallest absolute Gasteiger partial charge is 0.234 e. The molecule has 1 aromatic heterocycles. The van der Waals surface area contributed by atoms with Gasteiger partial charge in [0.1, 0.15) is 5.75 Å². The maximum atomic E-state index is 12.5. The second-order valence-corrected chi connectivity index (χ2v) is 7.49. The molecule has 0 bridgehead atoms. The van der Waals surface area contributed by atoms with Crippen LogP contribution in [0.25, 0.3) is 16.9 Å². The molecule has 1 heterocycles. The van der Waals surface area contributed by atoms with Crippen molar-refractivity contribution in [3.63, 3.8) is 0 Å². The highest BCUT2D eigenvalue weighted by atomic mass is 32.2. The van der Waals surface area contributed by atoms with Crippen LogP contribution in [0, 0.1) is 0 Å².